The van der Waals surface area contributed by atoms with E-state index in [1.165, 1.54) is 0 Å². The van der Waals surface area contributed by atoms with Crippen LogP contribution in [-0.4, -0.2) is 33.7 Å². The minimum atomic E-state index is -0.219. The first-order valence-electron chi connectivity index (χ1n) is 12.0. The molecule has 5 rings (SSSR count). The van der Waals surface area contributed by atoms with Gasteiger partial charge in [-0.1, -0.05) is 12.2 Å². The molecule has 1 aromatic heterocycles. The third-order valence-corrected chi connectivity index (χ3v) is 6.85. The van der Waals surface area contributed by atoms with Gasteiger partial charge in [-0.3, -0.25) is 9.59 Å². The molecule has 7 heteroatoms. The van der Waals surface area contributed by atoms with Crippen LogP contribution >= 0.6 is 0 Å². The molecule has 1 atom stereocenters. The summed E-state index contributed by atoms with van der Waals surface area (Å²) < 4.78 is 7.81. The van der Waals surface area contributed by atoms with Crippen LogP contribution in [0.25, 0.3) is 6.20 Å². The van der Waals surface area contributed by atoms with E-state index in [1.54, 1.807) is 10.9 Å². The molecule has 0 radical (unpaired) electrons. The van der Waals surface area contributed by atoms with E-state index in [0.717, 1.165) is 59.5 Å². The molecular weight excluding hydrogens is 428 g/mol. The van der Waals surface area contributed by atoms with Gasteiger partial charge in [0.25, 0.3) is 5.91 Å². The average molecular weight is 461 g/mol. The van der Waals surface area contributed by atoms with E-state index in [2.05, 4.69) is 48.3 Å². The Kier molecular flexibility index (Phi) is 5.58. The van der Waals surface area contributed by atoms with Crippen molar-refractivity contribution >= 4 is 23.7 Å². The second-order valence-electron chi connectivity index (χ2n) is 10.5. The Hall–Kier alpha value is -3.35. The summed E-state index contributed by atoms with van der Waals surface area (Å²) in [6, 6.07) is 4.21. The van der Waals surface area contributed by atoms with E-state index >= 15 is 0 Å². The largest absolute Gasteiger partial charge is 0.487 e. The fourth-order valence-corrected chi connectivity index (χ4v) is 4.92. The molecule has 1 saturated heterocycles. The highest BCUT2D eigenvalue weighted by molar-refractivity contribution is 6.05. The highest BCUT2D eigenvalue weighted by Gasteiger charge is 2.34. The van der Waals surface area contributed by atoms with Crippen LogP contribution in [0, 0.1) is 12.8 Å². The van der Waals surface area contributed by atoms with Gasteiger partial charge < -0.3 is 15.4 Å². The Bertz CT molecular complexity index is 1200. The molecule has 1 unspecified atom stereocenters. The van der Waals surface area contributed by atoms with Crippen LogP contribution in [0.1, 0.15) is 72.6 Å². The quantitative estimate of drug-likeness (QED) is 0.592. The lowest BCUT2D eigenvalue weighted by Crippen LogP contribution is -2.24. The van der Waals surface area contributed by atoms with E-state index in [0.29, 0.717) is 24.4 Å². The normalized spacial score (nSPS) is 20.8. The zero-order valence-electron chi connectivity index (χ0n) is 20.1. The zero-order chi connectivity index (χ0) is 24.0. The summed E-state index contributed by atoms with van der Waals surface area (Å²) >= 11 is 0. The van der Waals surface area contributed by atoms with Gasteiger partial charge in [0.05, 0.1) is 17.5 Å². The molecule has 0 spiro atoms. The number of hydrogen-bond acceptors (Lipinski definition) is 4. The smallest absolute Gasteiger partial charge is 0.259 e. The molecule has 1 aromatic carbocycles. The third-order valence-electron chi connectivity index (χ3n) is 6.85. The molecule has 2 aromatic rings. The van der Waals surface area contributed by atoms with Gasteiger partial charge in [-0.25, -0.2) is 4.68 Å². The number of fused-ring (bicyclic) bond motifs is 1. The van der Waals surface area contributed by atoms with Gasteiger partial charge in [0.15, 0.2) is 0 Å². The van der Waals surface area contributed by atoms with Crippen molar-refractivity contribution < 1.29 is 14.3 Å². The topological polar surface area (TPSA) is 85.2 Å². The number of benzene rings is 1. The number of aromatic nitrogens is 2. The van der Waals surface area contributed by atoms with Crippen LogP contribution in [0.15, 0.2) is 36.6 Å². The van der Waals surface area contributed by atoms with Gasteiger partial charge in [0.2, 0.25) is 5.91 Å². The summed E-state index contributed by atoms with van der Waals surface area (Å²) in [5.74, 6) is 1.65. The maximum Gasteiger partial charge on any atom is 0.259 e. The molecule has 1 saturated carbocycles. The first-order chi connectivity index (χ1) is 16.2. The summed E-state index contributed by atoms with van der Waals surface area (Å²) in [5.41, 5.74) is 5.19. The SMILES string of the molecule is C=C(/C=C\n1ncc(C(=O)Nc2cc3c(cc2C2CC2)OC(C)(C)C3)c1C)CC1CNC(=O)C1. The second kappa shape index (κ2) is 8.46. The Balaban J connectivity index is 1.29. The molecule has 3 aliphatic rings. The fraction of sp³-hybridized carbons (Fsp3) is 0.444. The van der Waals surface area contributed by atoms with E-state index < -0.39 is 0 Å². The van der Waals surface area contributed by atoms with E-state index in [9.17, 15) is 9.59 Å². The van der Waals surface area contributed by atoms with Crippen molar-refractivity contribution in [1.82, 2.24) is 15.1 Å². The lowest BCUT2D eigenvalue weighted by molar-refractivity contribution is -0.119. The third kappa shape index (κ3) is 4.65. The van der Waals surface area contributed by atoms with Gasteiger partial charge in [0.1, 0.15) is 11.4 Å². The number of nitrogens with one attached hydrogen (secondary N) is 2. The standard InChI is InChI=1S/C27H32N4O3/c1-16(9-18-10-25(32)28-14-18)7-8-31-17(2)22(15-29-31)26(33)30-23-11-20-13-27(3,4)34-24(20)12-21(23)19-5-6-19/h7-8,11-12,15,18-19H,1,5-6,9-10,13-14H2,2-4H3,(H,28,32)(H,30,33)/b8-7-. The molecule has 2 amide bonds. The van der Waals surface area contributed by atoms with Crippen molar-refractivity contribution in [2.75, 3.05) is 11.9 Å². The first-order valence-corrected chi connectivity index (χ1v) is 12.0. The lowest BCUT2D eigenvalue weighted by Gasteiger charge is -2.17. The van der Waals surface area contributed by atoms with Crippen LogP contribution in [-0.2, 0) is 11.2 Å². The highest BCUT2D eigenvalue weighted by Crippen LogP contribution is 2.48. The van der Waals surface area contributed by atoms with E-state index in [1.807, 2.05) is 19.2 Å². The first kappa shape index (κ1) is 22.4. The molecule has 34 heavy (non-hydrogen) atoms. The van der Waals surface area contributed by atoms with Gasteiger partial charge in [0, 0.05) is 36.8 Å². The maximum atomic E-state index is 13.2. The Morgan fingerprint density at radius 2 is 2.18 bits per heavy atom. The highest BCUT2D eigenvalue weighted by atomic mass is 16.5. The average Bonchev–Trinajstić information content (AvgIpc) is 3.32. The molecule has 2 aliphatic heterocycles. The minimum absolute atomic E-state index is 0.102. The number of nitrogens with zero attached hydrogens (tertiary/aromatic N) is 2. The number of anilines is 1. The number of rotatable bonds is 7. The summed E-state index contributed by atoms with van der Waals surface area (Å²) in [4.78, 5) is 24.6. The van der Waals surface area contributed by atoms with Crippen molar-refractivity contribution in [3.8, 4) is 5.75 Å². The van der Waals surface area contributed by atoms with Gasteiger partial charge in [-0.05, 0) is 75.6 Å². The molecule has 0 bridgehead atoms. The number of carbonyl (C=O) groups excluding carboxylic acids is 2. The van der Waals surface area contributed by atoms with Crippen LogP contribution in [0.3, 0.4) is 0 Å². The molecule has 7 nitrogen and oxygen atoms in total. The van der Waals surface area contributed by atoms with Crippen molar-refractivity contribution in [1.29, 1.82) is 0 Å². The number of ether oxygens (including phenoxy) is 1. The van der Waals surface area contributed by atoms with Crippen molar-refractivity contribution in [3.63, 3.8) is 0 Å². The predicted octanol–water partition coefficient (Wildman–Crippen LogP) is 4.59. The number of allylic oxidation sites excluding steroid dienone is 2. The maximum absolute atomic E-state index is 13.2. The number of hydrogen-bond donors (Lipinski definition) is 2. The molecule has 1 aliphatic carbocycles. The Morgan fingerprint density at radius 3 is 2.88 bits per heavy atom. The van der Waals surface area contributed by atoms with Crippen molar-refractivity contribution in [3.05, 3.63) is 58.9 Å². The molecule has 178 valence electrons. The van der Waals surface area contributed by atoms with Gasteiger partial charge >= 0.3 is 0 Å². The van der Waals surface area contributed by atoms with Crippen LogP contribution in [0.4, 0.5) is 5.69 Å². The number of amides is 2. The monoisotopic (exact) mass is 460 g/mol. The molecule has 3 heterocycles. The van der Waals surface area contributed by atoms with Gasteiger partial charge in [-0.15, -0.1) is 0 Å². The fourth-order valence-electron chi connectivity index (χ4n) is 4.92. The van der Waals surface area contributed by atoms with E-state index in [-0.39, 0.29) is 23.3 Å². The second-order valence-corrected chi connectivity index (χ2v) is 10.5. The van der Waals surface area contributed by atoms with Crippen LogP contribution in [0.5, 0.6) is 5.75 Å². The zero-order valence-corrected chi connectivity index (χ0v) is 20.1. The Morgan fingerprint density at radius 1 is 1.38 bits per heavy atom. The molecule has 2 fully saturated rings. The predicted molar refractivity (Wildman–Crippen MR) is 132 cm³/mol. The summed E-state index contributed by atoms with van der Waals surface area (Å²) in [6.45, 7) is 10.9. The van der Waals surface area contributed by atoms with Crippen molar-refractivity contribution in [2.45, 2.75) is 64.4 Å². The van der Waals surface area contributed by atoms with E-state index in [4.69, 9.17) is 4.74 Å². The molecule has 2 N–H and O–H groups in total. The number of carbonyl (C=O) groups is 2. The summed E-state index contributed by atoms with van der Waals surface area (Å²) in [5, 5.41) is 10.4. The molecular formula is C27H32N4O3. The lowest BCUT2D eigenvalue weighted by atomic mass is 9.98. The van der Waals surface area contributed by atoms with Crippen molar-refractivity contribution in [2.24, 2.45) is 5.92 Å². The summed E-state index contributed by atoms with van der Waals surface area (Å²) in [6.07, 6.45) is 9.74. The summed E-state index contributed by atoms with van der Waals surface area (Å²) in [7, 11) is 0. The van der Waals surface area contributed by atoms with Crippen LogP contribution < -0.4 is 15.4 Å². The van der Waals surface area contributed by atoms with Crippen LogP contribution in [0.2, 0.25) is 0 Å². The Labute approximate surface area is 200 Å². The minimum Gasteiger partial charge on any atom is -0.487 e. The van der Waals surface area contributed by atoms with Gasteiger partial charge in [-0.2, -0.15) is 5.10 Å².